The lowest BCUT2D eigenvalue weighted by atomic mass is 10.1. The van der Waals surface area contributed by atoms with E-state index in [0.717, 1.165) is 6.20 Å². The van der Waals surface area contributed by atoms with Gasteiger partial charge in [0.1, 0.15) is 6.10 Å². The maximum atomic E-state index is 13.1. The summed E-state index contributed by atoms with van der Waals surface area (Å²) in [5.74, 6) is -0.210. The molecular formula is C19H17F3N6O2. The molecule has 1 amide bonds. The van der Waals surface area contributed by atoms with Crippen molar-refractivity contribution in [2.45, 2.75) is 25.1 Å². The summed E-state index contributed by atoms with van der Waals surface area (Å²) < 4.78 is 43.5. The van der Waals surface area contributed by atoms with Crippen molar-refractivity contribution in [1.29, 1.82) is 0 Å². The van der Waals surface area contributed by atoms with Gasteiger partial charge in [-0.1, -0.05) is 12.1 Å². The van der Waals surface area contributed by atoms with Crippen LogP contribution in [0.5, 0.6) is 5.88 Å². The van der Waals surface area contributed by atoms with E-state index in [4.69, 9.17) is 4.74 Å². The molecule has 8 nitrogen and oxygen atoms in total. The van der Waals surface area contributed by atoms with Gasteiger partial charge in [0.05, 0.1) is 42.6 Å². The smallest absolute Gasteiger partial charge is 0.434 e. The Bertz CT molecular complexity index is 1010. The summed E-state index contributed by atoms with van der Waals surface area (Å²) in [6.45, 7) is 0.820. The van der Waals surface area contributed by atoms with Gasteiger partial charge in [0, 0.05) is 6.54 Å². The minimum Gasteiger partial charge on any atom is -0.471 e. The quantitative estimate of drug-likeness (QED) is 0.648. The molecule has 11 heteroatoms. The second-order valence-corrected chi connectivity index (χ2v) is 6.71. The van der Waals surface area contributed by atoms with Crippen molar-refractivity contribution in [1.82, 2.24) is 29.9 Å². The van der Waals surface area contributed by atoms with E-state index in [1.54, 1.807) is 29.2 Å². The largest absolute Gasteiger partial charge is 0.471 e. The van der Waals surface area contributed by atoms with E-state index in [1.165, 1.54) is 17.2 Å². The van der Waals surface area contributed by atoms with Crippen molar-refractivity contribution in [3.8, 4) is 11.6 Å². The maximum Gasteiger partial charge on any atom is 0.434 e. The number of benzene rings is 1. The number of hydrogen-bond donors (Lipinski definition) is 0. The lowest BCUT2D eigenvalue weighted by Crippen LogP contribution is -2.44. The van der Waals surface area contributed by atoms with Crippen LogP contribution in [0.4, 0.5) is 13.2 Å². The summed E-state index contributed by atoms with van der Waals surface area (Å²) in [5.41, 5.74) is -0.0769. The van der Waals surface area contributed by atoms with Crippen LogP contribution < -0.4 is 4.74 Å². The van der Waals surface area contributed by atoms with E-state index < -0.39 is 18.0 Å². The number of hydrogen-bond acceptors (Lipinski definition) is 6. The van der Waals surface area contributed by atoms with Crippen molar-refractivity contribution in [2.24, 2.45) is 0 Å². The predicted molar refractivity (Wildman–Crippen MR) is 97.9 cm³/mol. The van der Waals surface area contributed by atoms with Gasteiger partial charge >= 0.3 is 6.18 Å². The van der Waals surface area contributed by atoms with Gasteiger partial charge in [0.2, 0.25) is 5.88 Å². The first kappa shape index (κ1) is 19.8. The molecule has 1 atom stereocenters. The molecule has 1 aliphatic rings. The zero-order valence-electron chi connectivity index (χ0n) is 15.7. The van der Waals surface area contributed by atoms with Gasteiger partial charge in [-0.25, -0.2) is 9.97 Å². The van der Waals surface area contributed by atoms with Crippen LogP contribution in [-0.4, -0.2) is 55.0 Å². The average molecular weight is 418 g/mol. The number of para-hydroxylation sites is 1. The molecule has 1 aliphatic heterocycles. The van der Waals surface area contributed by atoms with Crippen LogP contribution in [0, 0.1) is 0 Å². The molecule has 4 rings (SSSR count). The monoisotopic (exact) mass is 418 g/mol. The number of ether oxygens (including phenoxy) is 1. The van der Waals surface area contributed by atoms with Crippen LogP contribution in [0.25, 0.3) is 5.69 Å². The second kappa shape index (κ2) is 8.09. The summed E-state index contributed by atoms with van der Waals surface area (Å²) >= 11 is 0. The summed E-state index contributed by atoms with van der Waals surface area (Å²) in [4.78, 5) is 23.2. The molecule has 0 N–H and O–H groups in total. The fraction of sp³-hybridized carbons (Fsp3) is 0.316. The lowest BCUT2D eigenvalue weighted by molar-refractivity contribution is -0.141. The number of rotatable bonds is 4. The molecule has 1 aromatic carbocycles. The SMILES string of the molecule is O=C(c1ccccc1-n1nccn1)N1CCCC(Oc2cnc(C(F)(F)F)cn2)C1. The Morgan fingerprint density at radius 1 is 1.10 bits per heavy atom. The highest BCUT2D eigenvalue weighted by molar-refractivity contribution is 5.97. The zero-order valence-corrected chi connectivity index (χ0v) is 15.7. The molecule has 30 heavy (non-hydrogen) atoms. The van der Waals surface area contributed by atoms with Crippen LogP contribution in [0.3, 0.4) is 0 Å². The van der Waals surface area contributed by atoms with Gasteiger partial charge in [0.25, 0.3) is 5.91 Å². The molecule has 0 saturated carbocycles. The number of halogens is 3. The fourth-order valence-electron chi connectivity index (χ4n) is 3.25. The number of carbonyl (C=O) groups is 1. The van der Waals surface area contributed by atoms with Gasteiger partial charge in [-0.2, -0.15) is 28.2 Å². The third-order valence-corrected chi connectivity index (χ3v) is 4.64. The number of amides is 1. The number of aromatic nitrogens is 5. The molecule has 3 aromatic rings. The van der Waals surface area contributed by atoms with Crippen molar-refractivity contribution in [3.63, 3.8) is 0 Å². The number of carbonyl (C=O) groups excluding carboxylic acids is 1. The Morgan fingerprint density at radius 3 is 2.57 bits per heavy atom. The van der Waals surface area contributed by atoms with E-state index in [-0.39, 0.29) is 18.3 Å². The molecule has 0 aliphatic carbocycles. The Hall–Kier alpha value is -3.50. The molecule has 0 radical (unpaired) electrons. The normalized spacial score (nSPS) is 17.0. The standard InChI is InChI=1S/C19H17F3N6O2/c20-19(21,22)16-10-24-17(11-23-16)30-13-4-3-9-27(12-13)18(29)14-5-1-2-6-15(14)28-25-7-8-26-28/h1-2,5-8,10-11,13H,3-4,9,12H2. The van der Waals surface area contributed by atoms with Crippen molar-refractivity contribution >= 4 is 5.91 Å². The lowest BCUT2D eigenvalue weighted by Gasteiger charge is -2.33. The molecule has 2 aromatic heterocycles. The van der Waals surface area contributed by atoms with Crippen LogP contribution in [0.15, 0.2) is 49.1 Å². The van der Waals surface area contributed by atoms with Crippen LogP contribution in [-0.2, 0) is 6.18 Å². The summed E-state index contributed by atoms with van der Waals surface area (Å²) in [5, 5.41) is 8.17. The van der Waals surface area contributed by atoms with Gasteiger partial charge in [-0.3, -0.25) is 4.79 Å². The Balaban J connectivity index is 1.46. The molecule has 1 unspecified atom stereocenters. The maximum absolute atomic E-state index is 13.1. The molecule has 1 fully saturated rings. The number of alkyl halides is 3. The third-order valence-electron chi connectivity index (χ3n) is 4.64. The number of piperidine rings is 1. The fourth-order valence-corrected chi connectivity index (χ4v) is 3.25. The van der Waals surface area contributed by atoms with Crippen LogP contribution in [0.1, 0.15) is 28.9 Å². The van der Waals surface area contributed by atoms with Gasteiger partial charge in [0.15, 0.2) is 5.69 Å². The number of likely N-dealkylation sites (tertiary alicyclic amines) is 1. The predicted octanol–water partition coefficient (Wildman–Crippen LogP) is 2.76. The van der Waals surface area contributed by atoms with E-state index >= 15 is 0 Å². The van der Waals surface area contributed by atoms with Gasteiger partial charge in [-0.05, 0) is 25.0 Å². The van der Waals surface area contributed by atoms with Crippen LogP contribution in [0.2, 0.25) is 0 Å². The van der Waals surface area contributed by atoms with E-state index in [2.05, 4.69) is 20.2 Å². The highest BCUT2D eigenvalue weighted by atomic mass is 19.4. The summed E-state index contributed by atoms with van der Waals surface area (Å²) in [7, 11) is 0. The molecule has 1 saturated heterocycles. The van der Waals surface area contributed by atoms with Gasteiger partial charge < -0.3 is 9.64 Å². The first-order valence-corrected chi connectivity index (χ1v) is 9.23. The van der Waals surface area contributed by atoms with Crippen LogP contribution >= 0.6 is 0 Å². The van der Waals surface area contributed by atoms with E-state index in [1.807, 2.05) is 0 Å². The Morgan fingerprint density at radius 2 is 1.87 bits per heavy atom. The first-order valence-electron chi connectivity index (χ1n) is 9.23. The molecule has 3 heterocycles. The van der Waals surface area contributed by atoms with E-state index in [0.29, 0.717) is 36.8 Å². The summed E-state index contributed by atoms with van der Waals surface area (Å²) in [6.07, 6.45) is 1.01. The number of nitrogens with zero attached hydrogens (tertiary/aromatic N) is 6. The molecule has 0 spiro atoms. The highest BCUT2D eigenvalue weighted by Crippen LogP contribution is 2.27. The Labute approximate surface area is 169 Å². The van der Waals surface area contributed by atoms with Crippen molar-refractivity contribution < 1.29 is 22.7 Å². The highest BCUT2D eigenvalue weighted by Gasteiger charge is 2.33. The van der Waals surface area contributed by atoms with Crippen molar-refractivity contribution in [3.05, 3.63) is 60.3 Å². The summed E-state index contributed by atoms with van der Waals surface area (Å²) in [6, 6.07) is 7.01. The second-order valence-electron chi connectivity index (χ2n) is 6.71. The van der Waals surface area contributed by atoms with Crippen molar-refractivity contribution in [2.75, 3.05) is 13.1 Å². The topological polar surface area (TPSA) is 86.0 Å². The third kappa shape index (κ3) is 4.24. The average Bonchev–Trinajstić information content (AvgIpc) is 3.28. The van der Waals surface area contributed by atoms with E-state index in [9.17, 15) is 18.0 Å². The van der Waals surface area contributed by atoms with Gasteiger partial charge in [-0.15, -0.1) is 0 Å². The Kier molecular flexibility index (Phi) is 5.34. The zero-order chi connectivity index (χ0) is 21.1. The first-order chi connectivity index (χ1) is 14.4. The minimum atomic E-state index is -4.56. The minimum absolute atomic E-state index is 0.0107. The molecule has 156 valence electrons. The molecular weight excluding hydrogens is 401 g/mol. The molecule has 0 bridgehead atoms.